The van der Waals surface area contributed by atoms with E-state index in [0.717, 1.165) is 15.6 Å². The average Bonchev–Trinajstić information content (AvgIpc) is 2.83. The standard InChI is InChI=1S/C12H14N2OS2/c1-7-4-10(17-9(7)3)12(15)13-5-11-14-8(2)6-16-11/h4,6H,5H2,1-3H3,(H,13,15). The number of carbonyl (C=O) groups excluding carboxylic acids is 1. The molecule has 0 saturated carbocycles. The lowest BCUT2D eigenvalue weighted by molar-refractivity contribution is 0.0955. The first-order valence-corrected chi connectivity index (χ1v) is 7.02. The van der Waals surface area contributed by atoms with Crippen molar-refractivity contribution in [1.29, 1.82) is 0 Å². The van der Waals surface area contributed by atoms with E-state index in [9.17, 15) is 4.79 Å². The molecular formula is C12H14N2OS2. The highest BCUT2D eigenvalue weighted by Gasteiger charge is 2.10. The third kappa shape index (κ3) is 2.92. The van der Waals surface area contributed by atoms with Crippen molar-refractivity contribution in [1.82, 2.24) is 10.3 Å². The van der Waals surface area contributed by atoms with Crippen molar-refractivity contribution in [3.05, 3.63) is 37.5 Å². The molecule has 0 atom stereocenters. The zero-order chi connectivity index (χ0) is 12.4. The van der Waals surface area contributed by atoms with Crippen molar-refractivity contribution in [2.24, 2.45) is 0 Å². The summed E-state index contributed by atoms with van der Waals surface area (Å²) in [5.74, 6) is -0.0148. The van der Waals surface area contributed by atoms with Gasteiger partial charge in [0.2, 0.25) is 0 Å². The second kappa shape index (κ2) is 4.98. The summed E-state index contributed by atoms with van der Waals surface area (Å²) in [4.78, 5) is 18.1. The molecule has 0 aliphatic heterocycles. The first kappa shape index (κ1) is 12.3. The quantitative estimate of drug-likeness (QED) is 0.927. The zero-order valence-corrected chi connectivity index (χ0v) is 11.7. The first-order chi connectivity index (χ1) is 8.06. The molecule has 1 amide bonds. The summed E-state index contributed by atoms with van der Waals surface area (Å²) in [6.07, 6.45) is 0. The highest BCUT2D eigenvalue weighted by molar-refractivity contribution is 7.14. The van der Waals surface area contributed by atoms with Crippen LogP contribution in [0.3, 0.4) is 0 Å². The largest absolute Gasteiger partial charge is 0.345 e. The number of carbonyl (C=O) groups is 1. The van der Waals surface area contributed by atoms with Crippen LogP contribution in [0.25, 0.3) is 0 Å². The zero-order valence-electron chi connectivity index (χ0n) is 10.0. The first-order valence-electron chi connectivity index (χ1n) is 5.32. The molecule has 0 bridgehead atoms. The van der Waals surface area contributed by atoms with Crippen LogP contribution in [-0.4, -0.2) is 10.9 Å². The maximum Gasteiger partial charge on any atom is 0.261 e. The molecule has 2 heterocycles. The van der Waals surface area contributed by atoms with Gasteiger partial charge >= 0.3 is 0 Å². The Labute approximate surface area is 109 Å². The van der Waals surface area contributed by atoms with E-state index in [2.05, 4.69) is 10.3 Å². The topological polar surface area (TPSA) is 42.0 Å². The van der Waals surface area contributed by atoms with Crippen molar-refractivity contribution < 1.29 is 4.79 Å². The van der Waals surface area contributed by atoms with Gasteiger partial charge in [0.05, 0.1) is 11.4 Å². The minimum atomic E-state index is -0.0148. The maximum absolute atomic E-state index is 11.9. The molecule has 2 aromatic rings. The van der Waals surface area contributed by atoms with E-state index in [-0.39, 0.29) is 5.91 Å². The second-order valence-corrected chi connectivity index (χ2v) is 6.11. The van der Waals surface area contributed by atoms with Gasteiger partial charge in [-0.3, -0.25) is 4.79 Å². The van der Waals surface area contributed by atoms with Gasteiger partial charge < -0.3 is 5.32 Å². The summed E-state index contributed by atoms with van der Waals surface area (Å²) < 4.78 is 0. The normalized spacial score (nSPS) is 10.5. The molecule has 0 aliphatic rings. The number of rotatable bonds is 3. The van der Waals surface area contributed by atoms with Gasteiger partial charge in [0.1, 0.15) is 5.01 Å². The number of aromatic nitrogens is 1. The van der Waals surface area contributed by atoms with Crippen molar-refractivity contribution in [2.75, 3.05) is 0 Å². The Morgan fingerprint density at radius 3 is 2.71 bits per heavy atom. The van der Waals surface area contributed by atoms with Gasteiger partial charge in [-0.2, -0.15) is 0 Å². The molecule has 0 saturated heterocycles. The Balaban J connectivity index is 1.98. The van der Waals surface area contributed by atoms with Crippen LogP contribution in [0.4, 0.5) is 0 Å². The van der Waals surface area contributed by atoms with Crippen LogP contribution < -0.4 is 5.32 Å². The molecular weight excluding hydrogens is 252 g/mol. The van der Waals surface area contributed by atoms with Crippen molar-refractivity contribution in [2.45, 2.75) is 27.3 Å². The minimum absolute atomic E-state index is 0.0148. The van der Waals surface area contributed by atoms with Crippen LogP contribution in [0.15, 0.2) is 11.4 Å². The summed E-state index contributed by atoms with van der Waals surface area (Å²) in [5, 5.41) is 5.82. The fourth-order valence-electron chi connectivity index (χ4n) is 1.41. The van der Waals surface area contributed by atoms with Crippen LogP contribution >= 0.6 is 22.7 Å². The van der Waals surface area contributed by atoms with Crippen LogP contribution in [0.2, 0.25) is 0 Å². The van der Waals surface area contributed by atoms with E-state index in [4.69, 9.17) is 0 Å². The molecule has 2 rings (SSSR count). The molecule has 0 radical (unpaired) electrons. The number of thiazole rings is 1. The van der Waals surface area contributed by atoms with E-state index in [0.29, 0.717) is 6.54 Å². The Morgan fingerprint density at radius 2 is 2.18 bits per heavy atom. The molecule has 1 N–H and O–H groups in total. The molecule has 2 aromatic heterocycles. The van der Waals surface area contributed by atoms with E-state index in [1.54, 1.807) is 11.3 Å². The van der Waals surface area contributed by atoms with Crippen molar-refractivity contribution in [3.63, 3.8) is 0 Å². The predicted molar refractivity (Wildman–Crippen MR) is 71.8 cm³/mol. The molecule has 5 heteroatoms. The number of aryl methyl sites for hydroxylation is 3. The number of thiophene rings is 1. The van der Waals surface area contributed by atoms with Crippen LogP contribution in [0.1, 0.15) is 30.8 Å². The van der Waals surface area contributed by atoms with E-state index < -0.39 is 0 Å². The highest BCUT2D eigenvalue weighted by atomic mass is 32.1. The smallest absolute Gasteiger partial charge is 0.261 e. The summed E-state index contributed by atoms with van der Waals surface area (Å²) in [5.41, 5.74) is 2.17. The number of nitrogens with zero attached hydrogens (tertiary/aromatic N) is 1. The number of hydrogen-bond donors (Lipinski definition) is 1. The Hall–Kier alpha value is -1.20. The van der Waals surface area contributed by atoms with Gasteiger partial charge in [-0.1, -0.05) is 0 Å². The SMILES string of the molecule is Cc1csc(CNC(=O)c2cc(C)c(C)s2)n1. The van der Waals surface area contributed by atoms with Crippen LogP contribution in [0, 0.1) is 20.8 Å². The van der Waals surface area contributed by atoms with Gasteiger partial charge in [0, 0.05) is 16.0 Å². The van der Waals surface area contributed by atoms with E-state index in [1.807, 2.05) is 32.2 Å². The number of nitrogens with one attached hydrogen (secondary N) is 1. The fraction of sp³-hybridized carbons (Fsp3) is 0.333. The molecule has 0 unspecified atom stereocenters. The van der Waals surface area contributed by atoms with Gasteiger partial charge in [-0.15, -0.1) is 22.7 Å². The minimum Gasteiger partial charge on any atom is -0.345 e. The average molecular weight is 266 g/mol. The van der Waals surface area contributed by atoms with Crippen molar-refractivity contribution >= 4 is 28.6 Å². The maximum atomic E-state index is 11.9. The van der Waals surface area contributed by atoms with Crippen LogP contribution in [-0.2, 0) is 6.54 Å². The molecule has 0 aliphatic carbocycles. The Morgan fingerprint density at radius 1 is 1.41 bits per heavy atom. The molecule has 17 heavy (non-hydrogen) atoms. The fourth-order valence-corrected chi connectivity index (χ4v) is 3.07. The summed E-state index contributed by atoms with van der Waals surface area (Å²) in [7, 11) is 0. The molecule has 0 spiro atoms. The predicted octanol–water partition coefficient (Wildman–Crippen LogP) is 3.06. The Kier molecular flexibility index (Phi) is 3.59. The van der Waals surface area contributed by atoms with E-state index >= 15 is 0 Å². The third-order valence-electron chi connectivity index (χ3n) is 2.46. The summed E-state index contributed by atoms with van der Waals surface area (Å²) in [6, 6.07) is 1.93. The Bertz CT molecular complexity index is 523. The molecule has 3 nitrogen and oxygen atoms in total. The lowest BCUT2D eigenvalue weighted by Gasteiger charge is -1.99. The second-order valence-electron chi connectivity index (χ2n) is 3.92. The summed E-state index contributed by atoms with van der Waals surface area (Å²) in [6.45, 7) is 6.51. The summed E-state index contributed by atoms with van der Waals surface area (Å²) >= 11 is 3.11. The lowest BCUT2D eigenvalue weighted by Crippen LogP contribution is -2.21. The lowest BCUT2D eigenvalue weighted by atomic mass is 10.3. The highest BCUT2D eigenvalue weighted by Crippen LogP contribution is 2.20. The molecule has 0 fully saturated rings. The number of hydrogen-bond acceptors (Lipinski definition) is 4. The van der Waals surface area contributed by atoms with Gasteiger partial charge in [-0.25, -0.2) is 4.98 Å². The van der Waals surface area contributed by atoms with Gasteiger partial charge in [0.25, 0.3) is 5.91 Å². The number of amides is 1. The van der Waals surface area contributed by atoms with Gasteiger partial charge in [0.15, 0.2) is 0 Å². The molecule has 90 valence electrons. The van der Waals surface area contributed by atoms with Crippen molar-refractivity contribution in [3.8, 4) is 0 Å². The third-order valence-corrected chi connectivity index (χ3v) is 4.57. The molecule has 0 aromatic carbocycles. The van der Waals surface area contributed by atoms with Gasteiger partial charge in [-0.05, 0) is 32.4 Å². The van der Waals surface area contributed by atoms with E-state index in [1.165, 1.54) is 21.8 Å². The monoisotopic (exact) mass is 266 g/mol. The van der Waals surface area contributed by atoms with Crippen LogP contribution in [0.5, 0.6) is 0 Å².